The molecule has 3 N–H and O–H groups in total. The summed E-state index contributed by atoms with van der Waals surface area (Å²) < 4.78 is 106. The first-order chi connectivity index (χ1) is 19.0. The molecule has 238 valence electrons. The number of fused-ring (bicyclic) bond motifs is 1. The molecule has 1 aliphatic carbocycles. The lowest BCUT2D eigenvalue weighted by atomic mass is 9.85. The number of hydrogen-bond acceptors (Lipinski definition) is 6. The molecule has 4 amide bonds. The van der Waals surface area contributed by atoms with Crippen molar-refractivity contribution in [1.82, 2.24) is 20.9 Å². The summed E-state index contributed by atoms with van der Waals surface area (Å²) in [6.45, 7) is 3.97. The van der Waals surface area contributed by atoms with E-state index < -0.39 is 111 Å². The molecular formula is C25H34F6N4O6S. The minimum absolute atomic E-state index is 0.252. The number of hydrogen-bond donors (Lipinski definition) is 3. The number of carbonyl (C=O) groups is 4. The van der Waals surface area contributed by atoms with Crippen LogP contribution in [-0.4, -0.2) is 86.5 Å². The van der Waals surface area contributed by atoms with Crippen molar-refractivity contribution < 1.29 is 53.9 Å². The Hall–Kier alpha value is -2.85. The Morgan fingerprint density at radius 1 is 1.14 bits per heavy atom. The van der Waals surface area contributed by atoms with E-state index >= 15 is 0 Å². The molecule has 3 fully saturated rings. The van der Waals surface area contributed by atoms with Crippen LogP contribution < -0.4 is 16.0 Å². The summed E-state index contributed by atoms with van der Waals surface area (Å²) in [4.78, 5) is 52.0. The molecule has 0 aromatic carbocycles. The van der Waals surface area contributed by atoms with Crippen molar-refractivity contribution in [2.24, 2.45) is 23.2 Å². The van der Waals surface area contributed by atoms with Crippen LogP contribution in [0.15, 0.2) is 11.2 Å². The molecule has 2 saturated heterocycles. The number of amides is 4. The van der Waals surface area contributed by atoms with E-state index in [2.05, 4.69) is 10.6 Å². The molecule has 0 aromatic heterocycles. The van der Waals surface area contributed by atoms with Gasteiger partial charge in [0.1, 0.15) is 12.1 Å². The lowest BCUT2D eigenvalue weighted by Crippen LogP contribution is -2.60. The number of halogens is 6. The summed E-state index contributed by atoms with van der Waals surface area (Å²) in [6, 6.07) is -4.87. The van der Waals surface area contributed by atoms with E-state index in [1.165, 1.54) is 20.8 Å². The van der Waals surface area contributed by atoms with E-state index in [0.29, 0.717) is 12.3 Å². The van der Waals surface area contributed by atoms with E-state index in [4.69, 9.17) is 0 Å². The van der Waals surface area contributed by atoms with Gasteiger partial charge in [0.15, 0.2) is 0 Å². The minimum atomic E-state index is -5.33. The molecule has 3 unspecified atom stereocenters. The summed E-state index contributed by atoms with van der Waals surface area (Å²) in [5.41, 5.74) is -1.31. The number of carbonyl (C=O) groups excluding carboxylic acids is 4. The van der Waals surface area contributed by atoms with Gasteiger partial charge < -0.3 is 20.9 Å². The molecule has 2 aliphatic heterocycles. The highest BCUT2D eigenvalue weighted by Gasteiger charge is 2.59. The third-order valence-corrected chi connectivity index (χ3v) is 8.63. The molecule has 17 heteroatoms. The molecule has 6 atom stereocenters. The molecule has 1 saturated carbocycles. The molecule has 42 heavy (non-hydrogen) atoms. The van der Waals surface area contributed by atoms with Gasteiger partial charge in [-0.2, -0.15) is 17.6 Å². The lowest BCUT2D eigenvalue weighted by Gasteiger charge is -2.37. The number of rotatable bonds is 8. The first-order valence-electron chi connectivity index (χ1n) is 13.2. The van der Waals surface area contributed by atoms with Crippen LogP contribution in [0.25, 0.3) is 0 Å². The maximum absolute atomic E-state index is 14.5. The van der Waals surface area contributed by atoms with Crippen molar-refractivity contribution in [2.45, 2.75) is 76.7 Å². The highest BCUT2D eigenvalue weighted by Crippen LogP contribution is 2.50. The van der Waals surface area contributed by atoms with Crippen LogP contribution in [0.3, 0.4) is 0 Å². The van der Waals surface area contributed by atoms with Crippen molar-refractivity contribution in [3.63, 3.8) is 0 Å². The Balaban J connectivity index is 1.97. The third-order valence-electron chi connectivity index (χ3n) is 7.79. The predicted molar refractivity (Wildman–Crippen MR) is 136 cm³/mol. The quantitative estimate of drug-likeness (QED) is 0.349. The van der Waals surface area contributed by atoms with Gasteiger partial charge in [-0.15, -0.1) is 0 Å². The smallest absolute Gasteiger partial charge is 0.356 e. The zero-order valence-electron chi connectivity index (χ0n) is 23.4. The highest BCUT2D eigenvalue weighted by atomic mass is 32.2. The Labute approximate surface area is 238 Å². The maximum Gasteiger partial charge on any atom is 0.471 e. The van der Waals surface area contributed by atoms with Crippen molar-refractivity contribution in [1.29, 1.82) is 0 Å². The van der Waals surface area contributed by atoms with Gasteiger partial charge in [0.2, 0.25) is 38.6 Å². The van der Waals surface area contributed by atoms with Crippen LogP contribution in [0.5, 0.6) is 0 Å². The van der Waals surface area contributed by atoms with Crippen LogP contribution in [0.4, 0.5) is 26.3 Å². The average molecular weight is 633 g/mol. The Morgan fingerprint density at radius 3 is 2.26 bits per heavy atom. The molecule has 3 rings (SSSR count). The van der Waals surface area contributed by atoms with Crippen LogP contribution in [0, 0.1) is 23.2 Å². The van der Waals surface area contributed by atoms with Crippen molar-refractivity contribution >= 4 is 33.5 Å². The van der Waals surface area contributed by atoms with Crippen LogP contribution >= 0.6 is 0 Å². The second-order valence-electron chi connectivity index (χ2n) is 12.3. The topological polar surface area (TPSA) is 142 Å². The molecule has 3 aliphatic rings. The molecule has 0 radical (unpaired) electrons. The average Bonchev–Trinajstić information content (AvgIpc) is 3.45. The van der Waals surface area contributed by atoms with Crippen LogP contribution in [0.2, 0.25) is 0 Å². The second kappa shape index (κ2) is 11.7. The van der Waals surface area contributed by atoms with E-state index in [9.17, 15) is 53.9 Å². The minimum Gasteiger partial charge on any atom is -0.356 e. The summed E-state index contributed by atoms with van der Waals surface area (Å²) in [7, 11) is -4.36. The number of nitrogens with one attached hydrogen (secondary N) is 3. The fourth-order valence-electron chi connectivity index (χ4n) is 5.78. The van der Waals surface area contributed by atoms with Crippen LogP contribution in [0.1, 0.15) is 46.5 Å². The van der Waals surface area contributed by atoms with E-state index in [0.717, 1.165) is 4.90 Å². The lowest BCUT2D eigenvalue weighted by molar-refractivity contribution is -0.176. The zero-order valence-corrected chi connectivity index (χ0v) is 24.2. The van der Waals surface area contributed by atoms with Gasteiger partial charge in [-0.1, -0.05) is 20.8 Å². The SMILES string of the molecule is CC(C)(C)[C@H](NC(=O)C(F)(F)F)C(=O)N1CC2CC(F)(F)CC2C1C(=O)N[C@H](/C=C(\F)S(C)(=O)=O)C[C@@H]1CCNC1=O. The van der Waals surface area contributed by atoms with E-state index in [1.807, 2.05) is 0 Å². The van der Waals surface area contributed by atoms with Crippen molar-refractivity contribution in [3.8, 4) is 0 Å². The molecule has 2 heterocycles. The van der Waals surface area contributed by atoms with Gasteiger partial charge >= 0.3 is 12.1 Å². The fraction of sp³-hybridized carbons (Fsp3) is 0.760. The first kappa shape index (κ1) is 33.6. The Kier molecular flexibility index (Phi) is 9.36. The predicted octanol–water partition coefficient (Wildman–Crippen LogP) is 1.82. The highest BCUT2D eigenvalue weighted by molar-refractivity contribution is 7.94. The van der Waals surface area contributed by atoms with Crippen molar-refractivity contribution in [2.75, 3.05) is 19.3 Å². The standard InChI is InChI=1S/C25H34F6N4O6S/c1-23(2,3)18(34-22(39)25(29,30)31)21(38)35-11-13-9-24(27,28)10-15(13)17(35)20(37)33-14(8-16(26)42(4,40)41)7-12-5-6-32-19(12)36/h8,12-15,17-18H,5-7,9-11H2,1-4H3,(H,32,36)(H,33,37)(H,34,39)/b16-8+/t12-,13?,14-,15?,17?,18+/m0/s1. The summed E-state index contributed by atoms with van der Waals surface area (Å²) in [5.74, 6) is -11.0. The van der Waals surface area contributed by atoms with Crippen molar-refractivity contribution in [3.05, 3.63) is 11.2 Å². The monoisotopic (exact) mass is 632 g/mol. The molecule has 0 spiro atoms. The van der Waals surface area contributed by atoms with Gasteiger partial charge in [-0.05, 0) is 36.2 Å². The number of nitrogens with zero attached hydrogens (tertiary/aromatic N) is 1. The van der Waals surface area contributed by atoms with E-state index in [1.54, 1.807) is 5.32 Å². The Morgan fingerprint density at radius 2 is 1.76 bits per heavy atom. The largest absolute Gasteiger partial charge is 0.471 e. The zero-order chi connectivity index (χ0) is 32.0. The molecule has 0 aromatic rings. The Bertz CT molecular complexity index is 1250. The van der Waals surface area contributed by atoms with E-state index in [-0.39, 0.29) is 19.4 Å². The van der Waals surface area contributed by atoms with Crippen LogP contribution in [-0.2, 0) is 29.0 Å². The summed E-state index contributed by atoms with van der Waals surface area (Å²) in [6.07, 6.45) is -5.67. The molecule has 0 bridgehead atoms. The number of alkyl halides is 5. The third kappa shape index (κ3) is 7.75. The second-order valence-corrected chi connectivity index (χ2v) is 14.2. The van der Waals surface area contributed by atoms with Gasteiger partial charge in [-0.3, -0.25) is 19.2 Å². The van der Waals surface area contributed by atoms with Gasteiger partial charge in [0.25, 0.3) is 0 Å². The van der Waals surface area contributed by atoms with Gasteiger partial charge in [-0.25, -0.2) is 17.2 Å². The molecule has 10 nitrogen and oxygen atoms in total. The number of sulfone groups is 1. The van der Waals surface area contributed by atoms with Gasteiger partial charge in [0.05, 0.1) is 6.04 Å². The maximum atomic E-state index is 14.5. The number of likely N-dealkylation sites (tertiary alicyclic amines) is 1. The normalized spacial score (nSPS) is 27.7. The fourth-order valence-corrected chi connectivity index (χ4v) is 6.19. The first-order valence-corrected chi connectivity index (χ1v) is 15.1. The molecular weight excluding hydrogens is 598 g/mol. The summed E-state index contributed by atoms with van der Waals surface area (Å²) >= 11 is 0. The summed E-state index contributed by atoms with van der Waals surface area (Å²) in [5, 5.41) is 4.95. The van der Waals surface area contributed by atoms with Gasteiger partial charge in [0, 0.05) is 38.1 Å².